The van der Waals surface area contributed by atoms with Crippen LogP contribution in [-0.2, 0) is 4.74 Å². The summed E-state index contributed by atoms with van der Waals surface area (Å²) in [6.07, 6.45) is 6.43. The van der Waals surface area contributed by atoms with Crippen LogP contribution < -0.4 is 5.32 Å². The average Bonchev–Trinajstić information content (AvgIpc) is 2.12. The van der Waals surface area contributed by atoms with Gasteiger partial charge in [-0.3, -0.25) is 5.32 Å². The molecular formula is C10H19NO. The molecule has 2 nitrogen and oxygen atoms in total. The van der Waals surface area contributed by atoms with Gasteiger partial charge in [-0.05, 0) is 38.1 Å². The van der Waals surface area contributed by atoms with E-state index in [9.17, 15) is 0 Å². The molecule has 1 saturated carbocycles. The van der Waals surface area contributed by atoms with Crippen LogP contribution in [0.2, 0.25) is 0 Å². The van der Waals surface area contributed by atoms with Gasteiger partial charge < -0.3 is 4.74 Å². The molecule has 2 rings (SSSR count). The molecule has 1 saturated heterocycles. The molecule has 0 aromatic rings. The first-order valence-corrected chi connectivity index (χ1v) is 5.22. The Bertz CT molecular complexity index is 144. The van der Waals surface area contributed by atoms with Gasteiger partial charge in [-0.1, -0.05) is 13.3 Å². The van der Waals surface area contributed by atoms with Crippen LogP contribution in [-0.4, -0.2) is 18.9 Å². The van der Waals surface area contributed by atoms with Gasteiger partial charge in [-0.15, -0.1) is 0 Å². The first-order chi connectivity index (χ1) is 5.83. The van der Waals surface area contributed by atoms with E-state index in [4.69, 9.17) is 4.74 Å². The van der Waals surface area contributed by atoms with Crippen LogP contribution in [0.25, 0.3) is 0 Å². The molecule has 1 aliphatic carbocycles. The van der Waals surface area contributed by atoms with Crippen LogP contribution in [0.4, 0.5) is 0 Å². The van der Waals surface area contributed by atoms with Crippen molar-refractivity contribution >= 4 is 0 Å². The molecule has 1 spiro atoms. The van der Waals surface area contributed by atoms with Gasteiger partial charge in [0.05, 0.1) is 6.61 Å². The highest BCUT2D eigenvalue weighted by atomic mass is 16.5. The molecule has 0 aromatic carbocycles. The summed E-state index contributed by atoms with van der Waals surface area (Å²) in [4.78, 5) is 0. The largest absolute Gasteiger partial charge is 0.360 e. The summed E-state index contributed by atoms with van der Waals surface area (Å²) in [5.74, 6) is 0.701. The zero-order valence-corrected chi connectivity index (χ0v) is 7.94. The number of rotatable bonds is 0. The molecule has 1 heterocycles. The van der Waals surface area contributed by atoms with Crippen LogP contribution in [0.1, 0.15) is 39.0 Å². The van der Waals surface area contributed by atoms with Gasteiger partial charge in [-0.25, -0.2) is 0 Å². The Morgan fingerprint density at radius 2 is 2.25 bits per heavy atom. The van der Waals surface area contributed by atoms with Crippen molar-refractivity contribution in [2.75, 3.05) is 13.2 Å². The Hall–Kier alpha value is -0.0800. The van der Waals surface area contributed by atoms with E-state index in [1.54, 1.807) is 0 Å². The molecule has 2 heteroatoms. The third-order valence-corrected chi connectivity index (χ3v) is 3.34. The van der Waals surface area contributed by atoms with E-state index in [2.05, 4.69) is 12.2 Å². The number of hydrogen-bond acceptors (Lipinski definition) is 2. The summed E-state index contributed by atoms with van der Waals surface area (Å²) < 4.78 is 5.91. The third kappa shape index (κ3) is 1.38. The van der Waals surface area contributed by atoms with Gasteiger partial charge in [0.2, 0.25) is 0 Å². The summed E-state index contributed by atoms with van der Waals surface area (Å²) in [7, 11) is 0. The predicted molar refractivity (Wildman–Crippen MR) is 48.9 cm³/mol. The highest BCUT2D eigenvalue weighted by Crippen LogP contribution is 2.35. The second-order valence-electron chi connectivity index (χ2n) is 4.17. The van der Waals surface area contributed by atoms with E-state index in [-0.39, 0.29) is 5.72 Å². The van der Waals surface area contributed by atoms with E-state index in [0.29, 0.717) is 5.92 Å². The van der Waals surface area contributed by atoms with E-state index in [0.717, 1.165) is 13.2 Å². The van der Waals surface area contributed by atoms with E-state index < -0.39 is 0 Å². The van der Waals surface area contributed by atoms with E-state index >= 15 is 0 Å². The van der Waals surface area contributed by atoms with Gasteiger partial charge in [0.1, 0.15) is 5.72 Å². The van der Waals surface area contributed by atoms with Crippen LogP contribution in [0.15, 0.2) is 0 Å². The monoisotopic (exact) mass is 169 g/mol. The fourth-order valence-corrected chi connectivity index (χ4v) is 2.47. The van der Waals surface area contributed by atoms with Gasteiger partial charge in [0, 0.05) is 0 Å². The molecule has 2 fully saturated rings. The van der Waals surface area contributed by atoms with Gasteiger partial charge >= 0.3 is 0 Å². The molecule has 70 valence electrons. The van der Waals surface area contributed by atoms with Crippen molar-refractivity contribution in [2.45, 2.75) is 44.8 Å². The molecule has 1 N–H and O–H groups in total. The minimum absolute atomic E-state index is 0.0660. The predicted octanol–water partition coefficient (Wildman–Crippen LogP) is 1.90. The lowest BCUT2D eigenvalue weighted by Gasteiger charge is -2.45. The van der Waals surface area contributed by atoms with Gasteiger partial charge in [0.15, 0.2) is 0 Å². The van der Waals surface area contributed by atoms with Crippen LogP contribution in [0.3, 0.4) is 0 Å². The molecule has 2 aliphatic rings. The molecule has 2 atom stereocenters. The maximum atomic E-state index is 5.91. The fraction of sp³-hybridized carbons (Fsp3) is 1.00. The lowest BCUT2D eigenvalue weighted by Crippen LogP contribution is -2.57. The van der Waals surface area contributed by atoms with Crippen molar-refractivity contribution in [2.24, 2.45) is 5.92 Å². The highest BCUT2D eigenvalue weighted by Gasteiger charge is 2.39. The summed E-state index contributed by atoms with van der Waals surface area (Å²) in [6, 6.07) is 0. The average molecular weight is 169 g/mol. The molecule has 0 unspecified atom stereocenters. The Morgan fingerprint density at radius 1 is 1.33 bits per heavy atom. The minimum Gasteiger partial charge on any atom is -0.360 e. The molecule has 0 aromatic heterocycles. The number of hydrogen-bond donors (Lipinski definition) is 1. The first-order valence-electron chi connectivity index (χ1n) is 5.22. The molecule has 0 radical (unpaired) electrons. The zero-order valence-electron chi connectivity index (χ0n) is 7.94. The quantitative estimate of drug-likeness (QED) is 0.598. The van der Waals surface area contributed by atoms with Crippen LogP contribution >= 0.6 is 0 Å². The Kier molecular flexibility index (Phi) is 2.37. The van der Waals surface area contributed by atoms with Crippen molar-refractivity contribution in [3.63, 3.8) is 0 Å². The summed E-state index contributed by atoms with van der Waals surface area (Å²) in [5.41, 5.74) is 0.0660. The van der Waals surface area contributed by atoms with Crippen molar-refractivity contribution < 1.29 is 4.74 Å². The number of nitrogens with one attached hydrogen (secondary N) is 1. The topological polar surface area (TPSA) is 21.3 Å². The molecule has 0 bridgehead atoms. The van der Waals surface area contributed by atoms with Gasteiger partial charge in [-0.2, -0.15) is 0 Å². The van der Waals surface area contributed by atoms with Crippen molar-refractivity contribution in [1.82, 2.24) is 5.32 Å². The van der Waals surface area contributed by atoms with Crippen LogP contribution in [0.5, 0.6) is 0 Å². The van der Waals surface area contributed by atoms with E-state index in [1.807, 2.05) is 0 Å². The van der Waals surface area contributed by atoms with Crippen LogP contribution in [0, 0.1) is 5.92 Å². The standard InChI is InChI=1S/C10H19NO/c1-9-5-2-3-6-10(9)11-7-4-8-12-10/h9,11H,2-8H2,1H3/t9-,10-/m0/s1. The molecule has 1 aliphatic heterocycles. The van der Waals surface area contributed by atoms with Crippen molar-refractivity contribution in [3.05, 3.63) is 0 Å². The SMILES string of the molecule is C[C@H]1CCCC[C@@]12NCCCO2. The molecular weight excluding hydrogens is 150 g/mol. The lowest BCUT2D eigenvalue weighted by molar-refractivity contribution is -0.146. The van der Waals surface area contributed by atoms with Gasteiger partial charge in [0.25, 0.3) is 0 Å². The minimum atomic E-state index is 0.0660. The Morgan fingerprint density at radius 3 is 2.92 bits per heavy atom. The number of ether oxygens (including phenoxy) is 1. The summed E-state index contributed by atoms with van der Waals surface area (Å²) >= 11 is 0. The van der Waals surface area contributed by atoms with Crippen molar-refractivity contribution in [1.29, 1.82) is 0 Å². The fourth-order valence-electron chi connectivity index (χ4n) is 2.47. The second-order valence-corrected chi connectivity index (χ2v) is 4.17. The molecule has 0 amide bonds. The summed E-state index contributed by atoms with van der Waals surface area (Å²) in [5, 5.41) is 3.56. The normalized spacial score (nSPS) is 43.2. The van der Waals surface area contributed by atoms with Crippen molar-refractivity contribution in [3.8, 4) is 0 Å². The summed E-state index contributed by atoms with van der Waals surface area (Å²) in [6.45, 7) is 4.42. The highest BCUT2D eigenvalue weighted by molar-refractivity contribution is 4.89. The Labute approximate surface area is 74.7 Å². The first kappa shape index (κ1) is 8.52. The Balaban J connectivity index is 2.04. The molecule has 12 heavy (non-hydrogen) atoms. The lowest BCUT2D eigenvalue weighted by atomic mass is 9.81. The maximum Gasteiger partial charge on any atom is 0.121 e. The maximum absolute atomic E-state index is 5.91. The smallest absolute Gasteiger partial charge is 0.121 e. The second kappa shape index (κ2) is 3.35. The third-order valence-electron chi connectivity index (χ3n) is 3.34. The van der Waals surface area contributed by atoms with E-state index in [1.165, 1.54) is 32.1 Å². The zero-order chi connectivity index (χ0) is 8.44.